The topological polar surface area (TPSA) is 9.23 Å². The van der Waals surface area contributed by atoms with E-state index in [9.17, 15) is 4.39 Å². The van der Waals surface area contributed by atoms with Gasteiger partial charge in [0.1, 0.15) is 17.4 Å². The van der Waals surface area contributed by atoms with Gasteiger partial charge in [0, 0.05) is 6.07 Å². The Kier molecular flexibility index (Phi) is 12.7. The molecule has 2 aromatic rings. The van der Waals surface area contributed by atoms with Crippen LogP contribution in [0.2, 0.25) is 0 Å². The summed E-state index contributed by atoms with van der Waals surface area (Å²) in [5.41, 5.74) is 2.25. The Hall–Kier alpha value is -2.30. The Morgan fingerprint density at radius 1 is 0.761 bits per heavy atom. The summed E-state index contributed by atoms with van der Waals surface area (Å²) in [6.07, 6.45) is 19.0. The number of allylic oxidation sites excluding steroid dienone is 2. The average Bonchev–Trinajstić information content (AvgIpc) is 3.06. The predicted octanol–water partition coefficient (Wildman–Crippen LogP) is 13.1. The third kappa shape index (κ3) is 9.19. The maximum Gasteiger partial charge on any atom is 0.400 e. The number of hydrogen-bond acceptors (Lipinski definition) is 1. The SMILES string of the molecule is C/C=C/CCc1ccc(OC(F)(F)C2CCC(c3ccc(C4CCC(C5CCC(CCCCC)CC5)CC4)cc3F)CC2)cc1F. The Labute approximate surface area is 275 Å². The number of hydrogen-bond donors (Lipinski definition) is 0. The van der Waals surface area contributed by atoms with E-state index in [1.54, 1.807) is 6.07 Å². The van der Waals surface area contributed by atoms with Gasteiger partial charge in [-0.15, -0.1) is 0 Å². The van der Waals surface area contributed by atoms with Crippen LogP contribution in [0.25, 0.3) is 0 Å². The first-order valence-corrected chi connectivity index (χ1v) is 18.5. The van der Waals surface area contributed by atoms with E-state index < -0.39 is 17.8 Å². The van der Waals surface area contributed by atoms with Crippen molar-refractivity contribution < 1.29 is 22.3 Å². The van der Waals surface area contributed by atoms with E-state index >= 15 is 13.2 Å². The van der Waals surface area contributed by atoms with E-state index in [0.29, 0.717) is 42.7 Å². The lowest BCUT2D eigenvalue weighted by Crippen LogP contribution is -2.37. The fraction of sp³-hybridized carbons (Fsp3) is 0.659. The minimum atomic E-state index is -3.40. The molecule has 0 saturated heterocycles. The zero-order valence-corrected chi connectivity index (χ0v) is 28.2. The standard InChI is InChI=1S/C41H56F4O/c1-3-5-7-9-29-11-13-30(14-12-29)31-15-17-32(18-16-31)35-22-26-38(40(43)27-35)33-19-23-36(24-20-33)41(44,45)46-37-25-21-34(39(42)28-37)10-8-6-4-2/h4,6,21-22,25-33,36H,3,5,7-20,23-24H2,1-2H3/b6-4+. The molecule has 0 bridgehead atoms. The fourth-order valence-corrected chi connectivity index (χ4v) is 8.86. The molecule has 0 N–H and O–H groups in total. The Bertz CT molecular complexity index is 1250. The van der Waals surface area contributed by atoms with Gasteiger partial charge in [0.25, 0.3) is 0 Å². The largest absolute Gasteiger partial charge is 0.432 e. The van der Waals surface area contributed by atoms with E-state index in [2.05, 4.69) is 13.0 Å². The average molecular weight is 641 g/mol. The Morgan fingerprint density at radius 2 is 1.43 bits per heavy atom. The van der Waals surface area contributed by atoms with Crippen molar-refractivity contribution in [2.45, 2.75) is 147 Å². The van der Waals surface area contributed by atoms with Crippen LogP contribution in [0.4, 0.5) is 17.6 Å². The maximum atomic E-state index is 15.5. The zero-order valence-electron chi connectivity index (χ0n) is 28.2. The second-order valence-electron chi connectivity index (χ2n) is 14.7. The van der Waals surface area contributed by atoms with Gasteiger partial charge < -0.3 is 4.74 Å². The maximum absolute atomic E-state index is 15.5. The van der Waals surface area contributed by atoms with Crippen LogP contribution in [0.3, 0.4) is 0 Å². The van der Waals surface area contributed by atoms with Crippen LogP contribution in [-0.2, 0) is 6.42 Å². The van der Waals surface area contributed by atoms with Crippen LogP contribution in [-0.4, -0.2) is 6.11 Å². The minimum Gasteiger partial charge on any atom is -0.432 e. The van der Waals surface area contributed by atoms with Crippen LogP contribution < -0.4 is 4.74 Å². The molecule has 3 aliphatic carbocycles. The summed E-state index contributed by atoms with van der Waals surface area (Å²) < 4.78 is 65.3. The zero-order chi connectivity index (χ0) is 32.5. The highest BCUT2D eigenvalue weighted by molar-refractivity contribution is 5.31. The van der Waals surface area contributed by atoms with Crippen LogP contribution in [0, 0.1) is 35.3 Å². The molecule has 5 rings (SSSR count). The number of halogens is 4. The molecule has 254 valence electrons. The van der Waals surface area contributed by atoms with Crippen molar-refractivity contribution >= 4 is 0 Å². The summed E-state index contributed by atoms with van der Waals surface area (Å²) in [4.78, 5) is 0. The molecule has 0 radical (unpaired) electrons. The first kappa shape index (κ1) is 35.0. The van der Waals surface area contributed by atoms with Gasteiger partial charge in [0.15, 0.2) is 0 Å². The number of ether oxygens (including phenoxy) is 1. The molecule has 0 spiro atoms. The van der Waals surface area contributed by atoms with Crippen molar-refractivity contribution in [1.29, 1.82) is 0 Å². The number of alkyl halides is 2. The quantitative estimate of drug-likeness (QED) is 0.120. The van der Waals surface area contributed by atoms with Crippen LogP contribution in [0.15, 0.2) is 48.6 Å². The molecule has 46 heavy (non-hydrogen) atoms. The van der Waals surface area contributed by atoms with Crippen LogP contribution in [0.5, 0.6) is 5.75 Å². The number of unbranched alkanes of at least 4 members (excludes halogenated alkanes) is 2. The van der Waals surface area contributed by atoms with Gasteiger partial charge in [-0.2, -0.15) is 8.78 Å². The lowest BCUT2D eigenvalue weighted by atomic mass is 9.68. The van der Waals surface area contributed by atoms with Crippen molar-refractivity contribution in [3.05, 3.63) is 76.9 Å². The van der Waals surface area contributed by atoms with Crippen molar-refractivity contribution in [1.82, 2.24) is 0 Å². The molecule has 5 heteroatoms. The van der Waals surface area contributed by atoms with Gasteiger partial charge in [-0.25, -0.2) is 8.78 Å². The highest BCUT2D eigenvalue weighted by Crippen LogP contribution is 2.47. The molecule has 0 unspecified atom stereocenters. The molecule has 3 fully saturated rings. The Morgan fingerprint density at radius 3 is 2.07 bits per heavy atom. The van der Waals surface area contributed by atoms with E-state index in [-0.39, 0.29) is 30.3 Å². The molecular weight excluding hydrogens is 584 g/mol. The highest BCUT2D eigenvalue weighted by Gasteiger charge is 2.44. The monoisotopic (exact) mass is 640 g/mol. The van der Waals surface area contributed by atoms with Crippen LogP contribution >= 0.6 is 0 Å². The molecule has 0 amide bonds. The van der Waals surface area contributed by atoms with E-state index in [4.69, 9.17) is 4.74 Å². The molecule has 0 atom stereocenters. The van der Waals surface area contributed by atoms with Crippen molar-refractivity contribution in [2.24, 2.45) is 23.7 Å². The van der Waals surface area contributed by atoms with Crippen molar-refractivity contribution in [2.75, 3.05) is 0 Å². The highest BCUT2D eigenvalue weighted by atomic mass is 19.3. The van der Waals surface area contributed by atoms with E-state index in [1.165, 1.54) is 76.3 Å². The van der Waals surface area contributed by atoms with Gasteiger partial charge in [0.05, 0.1) is 5.92 Å². The van der Waals surface area contributed by atoms with Gasteiger partial charge in [-0.1, -0.05) is 75.8 Å². The predicted molar refractivity (Wildman–Crippen MR) is 180 cm³/mol. The summed E-state index contributed by atoms with van der Waals surface area (Å²) in [5.74, 6) is 1.19. The van der Waals surface area contributed by atoms with Gasteiger partial charge >= 0.3 is 6.11 Å². The van der Waals surface area contributed by atoms with Gasteiger partial charge in [0.2, 0.25) is 0 Å². The molecule has 0 aromatic heterocycles. The smallest absolute Gasteiger partial charge is 0.400 e. The number of benzene rings is 2. The summed E-state index contributed by atoms with van der Waals surface area (Å²) in [5, 5.41) is 0. The fourth-order valence-electron chi connectivity index (χ4n) is 8.86. The summed E-state index contributed by atoms with van der Waals surface area (Å²) in [6, 6.07) is 9.79. The summed E-state index contributed by atoms with van der Waals surface area (Å²) in [7, 11) is 0. The number of aryl methyl sites for hydroxylation is 1. The second kappa shape index (κ2) is 16.7. The summed E-state index contributed by atoms with van der Waals surface area (Å²) in [6.45, 7) is 4.19. The van der Waals surface area contributed by atoms with Gasteiger partial charge in [-0.3, -0.25) is 0 Å². The van der Waals surface area contributed by atoms with Gasteiger partial charge in [-0.05, 0) is 142 Å². The normalized spacial score (nSPS) is 27.6. The molecule has 3 saturated carbocycles. The Balaban J connectivity index is 1.08. The lowest BCUT2D eigenvalue weighted by Gasteiger charge is -2.38. The molecule has 0 heterocycles. The molecule has 0 aliphatic heterocycles. The number of rotatable bonds is 13. The first-order valence-electron chi connectivity index (χ1n) is 18.5. The second-order valence-corrected chi connectivity index (χ2v) is 14.7. The first-order chi connectivity index (χ1) is 22.3. The third-order valence-corrected chi connectivity index (χ3v) is 11.8. The van der Waals surface area contributed by atoms with Crippen LogP contribution in [0.1, 0.15) is 152 Å². The molecular formula is C41H56F4O. The van der Waals surface area contributed by atoms with Crippen molar-refractivity contribution in [3.8, 4) is 5.75 Å². The minimum absolute atomic E-state index is 0.0668. The molecule has 1 nitrogen and oxygen atoms in total. The molecule has 2 aromatic carbocycles. The van der Waals surface area contributed by atoms with E-state index in [0.717, 1.165) is 42.2 Å². The third-order valence-electron chi connectivity index (χ3n) is 11.8. The molecule has 3 aliphatic rings. The van der Waals surface area contributed by atoms with E-state index in [1.807, 2.05) is 25.1 Å². The lowest BCUT2D eigenvalue weighted by molar-refractivity contribution is -0.222. The van der Waals surface area contributed by atoms with Crippen molar-refractivity contribution in [3.63, 3.8) is 0 Å². The summed E-state index contributed by atoms with van der Waals surface area (Å²) >= 11 is 0.